The quantitative estimate of drug-likeness (QED) is 0.249. The molecule has 0 aromatic heterocycles. The Morgan fingerprint density at radius 3 is 0.638 bits per heavy atom. The molecule has 0 atom stereocenters. The van der Waals surface area contributed by atoms with Crippen LogP contribution in [0.3, 0.4) is 0 Å². The smallest absolute Gasteiger partial charge is 0.0176 e. The SMILES string of the molecule is C/C=C(/C)C(C)(C)C.C/C=C(/C)C(C)(C)C.C/C=C\C(C)(C)C.C/C=C\C(C)(C)C.CC(C)=CC(C)(C)C.CCC(C)=C(C)C.CCC(C)=C(C)C.CCC=C(C)C. The van der Waals surface area contributed by atoms with Gasteiger partial charge in [-0.1, -0.05) is 218 Å². The van der Waals surface area contributed by atoms with E-state index in [1.807, 2.05) is 13.8 Å². The Labute approximate surface area is 373 Å². The summed E-state index contributed by atoms with van der Waals surface area (Å²) in [5.74, 6) is 0. The second kappa shape index (κ2) is 40.3. The van der Waals surface area contributed by atoms with Crippen molar-refractivity contribution in [2.75, 3.05) is 0 Å². The zero-order valence-electron chi connectivity index (χ0n) is 47.2. The number of allylic oxidation sites excluding steroid dienone is 16. The van der Waals surface area contributed by atoms with Crippen LogP contribution in [0.4, 0.5) is 0 Å². The molecule has 0 amide bonds. The third-order valence-corrected chi connectivity index (χ3v) is 8.67. The van der Waals surface area contributed by atoms with Gasteiger partial charge in [-0.25, -0.2) is 0 Å². The van der Waals surface area contributed by atoms with Crippen molar-refractivity contribution in [2.45, 2.75) is 255 Å². The third-order valence-electron chi connectivity index (χ3n) is 8.67. The molecule has 0 saturated heterocycles. The molecule has 0 heterocycles. The minimum atomic E-state index is 0.360. The summed E-state index contributed by atoms with van der Waals surface area (Å²) in [4.78, 5) is 0. The standard InChI is InChI=1S/3C8H16.4C7H14.C6H12/c1-7(2)6-8(3,4)5;2*1-6-7(2)8(3,4)5;2*1-5-6-7(2,3)4;2*1-5-7(4)6(2)3;1-4-5-6(2)3/h3*6H,1-5H3;2*5-6H,1-4H3;2*5H2,1-4H3;5H,4H2,1-3H3/b;2*7-6-;2*6-5-;;;. The van der Waals surface area contributed by atoms with Gasteiger partial charge >= 0.3 is 0 Å². The average molecular weight is 814 g/mol. The van der Waals surface area contributed by atoms with Crippen LogP contribution < -0.4 is 0 Å². The summed E-state index contributed by atoms with van der Waals surface area (Å²) in [6, 6.07) is 0. The summed E-state index contributed by atoms with van der Waals surface area (Å²) in [7, 11) is 0. The zero-order valence-corrected chi connectivity index (χ0v) is 47.2. The van der Waals surface area contributed by atoms with Crippen LogP contribution in [0.15, 0.2) is 93.2 Å². The third kappa shape index (κ3) is 85.9. The van der Waals surface area contributed by atoms with Crippen molar-refractivity contribution in [3.05, 3.63) is 93.2 Å². The van der Waals surface area contributed by atoms with Gasteiger partial charge in [-0.05, 0) is 157 Å². The van der Waals surface area contributed by atoms with E-state index in [0.29, 0.717) is 27.1 Å². The van der Waals surface area contributed by atoms with Crippen LogP contribution in [0.2, 0.25) is 0 Å². The molecule has 0 aliphatic heterocycles. The van der Waals surface area contributed by atoms with E-state index in [-0.39, 0.29) is 0 Å². The van der Waals surface area contributed by atoms with Crippen LogP contribution >= 0.6 is 0 Å². The maximum absolute atomic E-state index is 2.27. The van der Waals surface area contributed by atoms with Crippen LogP contribution in [0.25, 0.3) is 0 Å². The van der Waals surface area contributed by atoms with E-state index < -0.39 is 0 Å². The molecule has 0 saturated carbocycles. The molecular weight excluding hydrogens is 697 g/mol. The maximum atomic E-state index is 2.27. The molecule has 0 fully saturated rings. The summed E-state index contributed by atoms with van der Waals surface area (Å²) in [5.41, 5.74) is 13.5. The number of rotatable bonds is 3. The normalized spacial score (nSPS) is 11.6. The zero-order chi connectivity index (χ0) is 48.9. The highest BCUT2D eigenvalue weighted by molar-refractivity contribution is 5.07. The fourth-order valence-electron chi connectivity index (χ4n) is 3.85. The predicted octanol–water partition coefficient (Wildman–Crippen LogP) is 22.1. The van der Waals surface area contributed by atoms with Crippen molar-refractivity contribution in [3.63, 3.8) is 0 Å². The lowest BCUT2D eigenvalue weighted by Gasteiger charge is -2.18. The monoisotopic (exact) mass is 813 g/mol. The highest BCUT2D eigenvalue weighted by Crippen LogP contribution is 2.24. The average Bonchev–Trinajstić information content (AvgIpc) is 3.01. The van der Waals surface area contributed by atoms with E-state index in [1.54, 1.807) is 0 Å². The van der Waals surface area contributed by atoms with Crippen LogP contribution in [0.1, 0.15) is 255 Å². The van der Waals surface area contributed by atoms with Gasteiger partial charge in [0.05, 0.1) is 0 Å². The lowest BCUT2D eigenvalue weighted by atomic mass is 9.88. The van der Waals surface area contributed by atoms with Gasteiger partial charge in [0.25, 0.3) is 0 Å². The van der Waals surface area contributed by atoms with Crippen molar-refractivity contribution in [3.8, 4) is 0 Å². The molecule has 0 aliphatic carbocycles. The highest BCUT2D eigenvalue weighted by Gasteiger charge is 2.11. The predicted molar refractivity (Wildman–Crippen MR) is 284 cm³/mol. The van der Waals surface area contributed by atoms with Crippen LogP contribution in [-0.2, 0) is 0 Å². The van der Waals surface area contributed by atoms with Crippen LogP contribution in [0, 0.1) is 27.1 Å². The fourth-order valence-corrected chi connectivity index (χ4v) is 3.85. The molecule has 0 aromatic carbocycles. The van der Waals surface area contributed by atoms with Gasteiger partial charge in [0.15, 0.2) is 0 Å². The van der Waals surface area contributed by atoms with Crippen molar-refractivity contribution in [1.82, 2.24) is 0 Å². The first-order chi connectivity index (χ1) is 25.6. The molecule has 0 radical (unpaired) electrons. The van der Waals surface area contributed by atoms with Gasteiger partial charge in [0, 0.05) is 0 Å². The topological polar surface area (TPSA) is 0 Å². The van der Waals surface area contributed by atoms with E-state index in [9.17, 15) is 0 Å². The summed E-state index contributed by atoms with van der Waals surface area (Å²) >= 11 is 0. The Bertz CT molecular complexity index is 1090. The summed E-state index contributed by atoms with van der Waals surface area (Å²) < 4.78 is 0. The summed E-state index contributed by atoms with van der Waals surface area (Å²) in [5, 5.41) is 0. The molecule has 0 nitrogen and oxygen atoms in total. The molecular formula is C58H116. The molecule has 0 rings (SSSR count). The molecule has 58 heavy (non-hydrogen) atoms. The second-order valence-corrected chi connectivity index (χ2v) is 21.7. The largest absolute Gasteiger partial charge is 0.0911 e. The first-order valence-corrected chi connectivity index (χ1v) is 22.7. The highest BCUT2D eigenvalue weighted by atomic mass is 14.2. The van der Waals surface area contributed by atoms with Gasteiger partial charge in [0.1, 0.15) is 0 Å². The van der Waals surface area contributed by atoms with Gasteiger partial charge in [-0.3, -0.25) is 0 Å². The Kier molecular flexibility index (Phi) is 51.1. The van der Waals surface area contributed by atoms with Crippen molar-refractivity contribution in [2.24, 2.45) is 27.1 Å². The summed E-state index contributed by atoms with van der Waals surface area (Å²) in [6.07, 6.45) is 20.9. The Hall–Kier alpha value is -2.08. The first-order valence-electron chi connectivity index (χ1n) is 22.7. The lowest BCUT2D eigenvalue weighted by molar-refractivity contribution is 0.503. The second-order valence-electron chi connectivity index (χ2n) is 21.7. The number of hydrogen-bond donors (Lipinski definition) is 0. The van der Waals surface area contributed by atoms with E-state index >= 15 is 0 Å². The molecule has 0 unspecified atom stereocenters. The first kappa shape index (κ1) is 73.5. The molecule has 0 bridgehead atoms. The molecule has 0 aromatic rings. The van der Waals surface area contributed by atoms with Gasteiger partial charge in [-0.15, -0.1) is 0 Å². The van der Waals surface area contributed by atoms with E-state index in [0.717, 1.165) is 0 Å². The minimum absolute atomic E-state index is 0.360. The van der Waals surface area contributed by atoms with Gasteiger partial charge in [0.2, 0.25) is 0 Å². The molecule has 0 aliphatic rings. The van der Waals surface area contributed by atoms with Gasteiger partial charge in [-0.2, -0.15) is 0 Å². The Balaban J connectivity index is -0.0000000822. The summed E-state index contributed by atoms with van der Waals surface area (Å²) in [6.45, 7) is 73.7. The molecule has 0 heteroatoms. The fraction of sp³-hybridized carbons (Fsp3) is 0.724. The minimum Gasteiger partial charge on any atom is -0.0911 e. The molecule has 0 N–H and O–H groups in total. The van der Waals surface area contributed by atoms with Crippen LogP contribution in [-0.4, -0.2) is 0 Å². The maximum Gasteiger partial charge on any atom is -0.0176 e. The van der Waals surface area contributed by atoms with Crippen molar-refractivity contribution < 1.29 is 0 Å². The van der Waals surface area contributed by atoms with Gasteiger partial charge < -0.3 is 0 Å². The van der Waals surface area contributed by atoms with E-state index in [4.69, 9.17) is 0 Å². The Morgan fingerprint density at radius 1 is 0.379 bits per heavy atom. The van der Waals surface area contributed by atoms with E-state index in [2.05, 4.69) is 270 Å². The van der Waals surface area contributed by atoms with Crippen LogP contribution in [0.5, 0.6) is 0 Å². The Morgan fingerprint density at radius 2 is 0.638 bits per heavy atom. The lowest BCUT2D eigenvalue weighted by Crippen LogP contribution is -2.05. The molecule has 0 spiro atoms. The van der Waals surface area contributed by atoms with E-state index in [1.165, 1.54) is 63.8 Å². The van der Waals surface area contributed by atoms with Crippen molar-refractivity contribution >= 4 is 0 Å². The molecule has 348 valence electrons. The van der Waals surface area contributed by atoms with Crippen molar-refractivity contribution in [1.29, 1.82) is 0 Å². The number of hydrogen-bond acceptors (Lipinski definition) is 0.